The minimum atomic E-state index is -0.140. The van der Waals surface area contributed by atoms with E-state index in [2.05, 4.69) is 10.6 Å². The van der Waals surface area contributed by atoms with Crippen LogP contribution in [0.15, 0.2) is 36.4 Å². The van der Waals surface area contributed by atoms with Gasteiger partial charge in [0, 0.05) is 18.5 Å². The molecule has 0 saturated heterocycles. The molecule has 1 aliphatic heterocycles. The molecule has 0 spiro atoms. The molecule has 1 atom stereocenters. The molecule has 1 aliphatic carbocycles. The van der Waals surface area contributed by atoms with Crippen LogP contribution in [0.2, 0.25) is 0 Å². The number of rotatable bonds is 10. The van der Waals surface area contributed by atoms with Crippen molar-refractivity contribution in [3.05, 3.63) is 47.5 Å². The Balaban J connectivity index is 1.22. The number of carbonyl (C=O) groups excluding carboxylic acids is 2. The van der Waals surface area contributed by atoms with E-state index in [1.165, 1.54) is 12.8 Å². The summed E-state index contributed by atoms with van der Waals surface area (Å²) >= 11 is 0. The van der Waals surface area contributed by atoms with Gasteiger partial charge in [-0.05, 0) is 86.9 Å². The predicted octanol–water partition coefficient (Wildman–Crippen LogP) is 4.94. The maximum Gasteiger partial charge on any atom is 0.224 e. The van der Waals surface area contributed by atoms with E-state index in [-0.39, 0.29) is 24.0 Å². The molecule has 1 heterocycles. The van der Waals surface area contributed by atoms with Crippen molar-refractivity contribution < 1.29 is 23.8 Å². The van der Waals surface area contributed by atoms with Crippen molar-refractivity contribution in [2.75, 3.05) is 19.0 Å². The second-order valence-corrected chi connectivity index (χ2v) is 9.04. The first kappa shape index (κ1) is 23.9. The van der Waals surface area contributed by atoms with Gasteiger partial charge >= 0.3 is 0 Å². The predicted molar refractivity (Wildman–Crippen MR) is 131 cm³/mol. The maximum absolute atomic E-state index is 12.4. The summed E-state index contributed by atoms with van der Waals surface area (Å²) in [4.78, 5) is 23.9. The van der Waals surface area contributed by atoms with Gasteiger partial charge in [-0.25, -0.2) is 0 Å². The molecule has 182 valence electrons. The van der Waals surface area contributed by atoms with Gasteiger partial charge in [0.2, 0.25) is 11.8 Å². The third-order valence-electron chi connectivity index (χ3n) is 6.45. The molecule has 7 nitrogen and oxygen atoms in total. The fourth-order valence-corrected chi connectivity index (χ4v) is 4.51. The number of benzene rings is 2. The van der Waals surface area contributed by atoms with E-state index in [1.54, 1.807) is 7.11 Å². The third-order valence-corrected chi connectivity index (χ3v) is 6.45. The Bertz CT molecular complexity index is 1020. The quantitative estimate of drug-likeness (QED) is 0.485. The van der Waals surface area contributed by atoms with Crippen molar-refractivity contribution in [1.82, 2.24) is 5.32 Å². The van der Waals surface area contributed by atoms with Crippen LogP contribution in [0.3, 0.4) is 0 Å². The first-order valence-electron chi connectivity index (χ1n) is 12.2. The fourth-order valence-electron chi connectivity index (χ4n) is 4.51. The van der Waals surface area contributed by atoms with Crippen LogP contribution in [-0.2, 0) is 16.0 Å². The Kier molecular flexibility index (Phi) is 7.93. The average molecular weight is 467 g/mol. The van der Waals surface area contributed by atoms with Gasteiger partial charge in [0.15, 0.2) is 11.5 Å². The number of methoxy groups -OCH3 is 1. The summed E-state index contributed by atoms with van der Waals surface area (Å²) in [6.07, 6.45) is 7.08. The molecule has 0 aromatic heterocycles. The third kappa shape index (κ3) is 6.22. The summed E-state index contributed by atoms with van der Waals surface area (Å²) in [6, 6.07) is 11.4. The standard InChI is InChI=1S/C27H34N2O5/c1-18(19-9-13-24(25(17-19)32-2)34-21-6-3-4-7-21)28-26(30)8-5-15-33-22-11-12-23-20(16-22)10-14-27(31)29-23/h9,11-13,16-18,21H,3-8,10,14-15H2,1-2H3,(H,28,30)(H,29,31). The molecule has 2 N–H and O–H groups in total. The molecule has 2 amide bonds. The summed E-state index contributed by atoms with van der Waals surface area (Å²) < 4.78 is 17.5. The van der Waals surface area contributed by atoms with Crippen LogP contribution in [-0.4, -0.2) is 31.6 Å². The smallest absolute Gasteiger partial charge is 0.224 e. The van der Waals surface area contributed by atoms with Crippen LogP contribution in [0.1, 0.15) is 69.0 Å². The van der Waals surface area contributed by atoms with Crippen LogP contribution < -0.4 is 24.8 Å². The highest BCUT2D eigenvalue weighted by Crippen LogP contribution is 2.34. The molecule has 1 saturated carbocycles. The molecule has 2 aromatic carbocycles. The topological polar surface area (TPSA) is 85.9 Å². The number of nitrogens with one attached hydrogen (secondary N) is 2. The zero-order valence-corrected chi connectivity index (χ0v) is 20.0. The molecule has 2 aromatic rings. The summed E-state index contributed by atoms with van der Waals surface area (Å²) in [6.45, 7) is 2.42. The van der Waals surface area contributed by atoms with Crippen molar-refractivity contribution in [3.63, 3.8) is 0 Å². The molecule has 0 radical (unpaired) electrons. The molecule has 7 heteroatoms. The lowest BCUT2D eigenvalue weighted by Gasteiger charge is -2.19. The molecular weight excluding hydrogens is 432 g/mol. The van der Waals surface area contributed by atoms with Gasteiger partial charge in [-0.2, -0.15) is 0 Å². The second-order valence-electron chi connectivity index (χ2n) is 9.04. The number of ether oxygens (including phenoxy) is 3. The summed E-state index contributed by atoms with van der Waals surface area (Å²) in [5, 5.41) is 5.92. The molecule has 34 heavy (non-hydrogen) atoms. The van der Waals surface area contributed by atoms with Crippen LogP contribution in [0.4, 0.5) is 5.69 Å². The van der Waals surface area contributed by atoms with Crippen LogP contribution >= 0.6 is 0 Å². The molecule has 2 aliphatic rings. The van der Waals surface area contributed by atoms with Crippen LogP contribution in [0.5, 0.6) is 17.2 Å². The van der Waals surface area contributed by atoms with Gasteiger partial charge in [-0.3, -0.25) is 9.59 Å². The van der Waals surface area contributed by atoms with E-state index >= 15 is 0 Å². The highest BCUT2D eigenvalue weighted by Gasteiger charge is 2.20. The normalized spacial score (nSPS) is 16.4. The van der Waals surface area contributed by atoms with Crippen molar-refractivity contribution in [2.45, 2.75) is 70.4 Å². The van der Waals surface area contributed by atoms with E-state index in [9.17, 15) is 9.59 Å². The van der Waals surface area contributed by atoms with Crippen molar-refractivity contribution >= 4 is 17.5 Å². The monoisotopic (exact) mass is 466 g/mol. The number of anilines is 1. The van der Waals surface area contributed by atoms with Gasteiger partial charge < -0.3 is 24.8 Å². The van der Waals surface area contributed by atoms with Gasteiger partial charge in [0.1, 0.15) is 5.75 Å². The van der Waals surface area contributed by atoms with E-state index in [1.807, 2.05) is 43.3 Å². The van der Waals surface area contributed by atoms with Crippen LogP contribution in [0, 0.1) is 0 Å². The van der Waals surface area contributed by atoms with E-state index in [0.717, 1.165) is 47.6 Å². The zero-order valence-electron chi connectivity index (χ0n) is 20.0. The number of hydrogen-bond donors (Lipinski definition) is 2. The average Bonchev–Trinajstić information content (AvgIpc) is 3.35. The Labute approximate surface area is 201 Å². The first-order valence-corrected chi connectivity index (χ1v) is 12.2. The summed E-state index contributed by atoms with van der Waals surface area (Å²) in [7, 11) is 1.64. The molecule has 0 bridgehead atoms. The Morgan fingerprint density at radius 1 is 1.12 bits per heavy atom. The maximum atomic E-state index is 12.4. The van der Waals surface area contributed by atoms with E-state index in [4.69, 9.17) is 14.2 Å². The highest BCUT2D eigenvalue weighted by molar-refractivity contribution is 5.94. The summed E-state index contributed by atoms with van der Waals surface area (Å²) in [5.41, 5.74) is 2.91. The number of aryl methyl sites for hydroxylation is 1. The number of hydrogen-bond acceptors (Lipinski definition) is 5. The van der Waals surface area contributed by atoms with Gasteiger partial charge in [0.05, 0.1) is 25.9 Å². The molecular formula is C27H34N2O5. The Hall–Kier alpha value is -3.22. The van der Waals surface area contributed by atoms with Gasteiger partial charge in [-0.1, -0.05) is 6.07 Å². The minimum Gasteiger partial charge on any atom is -0.494 e. The lowest BCUT2D eigenvalue weighted by atomic mass is 10.0. The van der Waals surface area contributed by atoms with Crippen molar-refractivity contribution in [1.29, 1.82) is 0 Å². The lowest BCUT2D eigenvalue weighted by molar-refractivity contribution is -0.122. The SMILES string of the molecule is COc1cc(C(C)NC(=O)CCCOc2ccc3c(c2)CCC(=O)N3)ccc1OC1CCCC1. The van der Waals surface area contributed by atoms with E-state index < -0.39 is 0 Å². The molecule has 1 unspecified atom stereocenters. The highest BCUT2D eigenvalue weighted by atomic mass is 16.5. The minimum absolute atomic E-state index is 0.0190. The lowest BCUT2D eigenvalue weighted by Crippen LogP contribution is -2.26. The Morgan fingerprint density at radius 3 is 2.74 bits per heavy atom. The van der Waals surface area contributed by atoms with Gasteiger partial charge in [0.25, 0.3) is 0 Å². The molecule has 1 fully saturated rings. The van der Waals surface area contributed by atoms with E-state index in [0.29, 0.717) is 31.6 Å². The number of fused-ring (bicyclic) bond motifs is 1. The number of carbonyl (C=O) groups is 2. The van der Waals surface area contributed by atoms with Crippen molar-refractivity contribution in [3.8, 4) is 17.2 Å². The Morgan fingerprint density at radius 2 is 1.94 bits per heavy atom. The fraction of sp³-hybridized carbons (Fsp3) is 0.481. The number of amides is 2. The van der Waals surface area contributed by atoms with Crippen LogP contribution in [0.25, 0.3) is 0 Å². The molecule has 4 rings (SSSR count). The zero-order chi connectivity index (χ0) is 23.9. The largest absolute Gasteiger partial charge is 0.494 e. The second kappa shape index (κ2) is 11.3. The van der Waals surface area contributed by atoms with Crippen molar-refractivity contribution in [2.24, 2.45) is 0 Å². The first-order chi connectivity index (χ1) is 16.5. The summed E-state index contributed by atoms with van der Waals surface area (Å²) in [5.74, 6) is 2.25. The van der Waals surface area contributed by atoms with Gasteiger partial charge in [-0.15, -0.1) is 0 Å².